The van der Waals surface area contributed by atoms with Gasteiger partial charge in [0.1, 0.15) is 6.10 Å². The van der Waals surface area contributed by atoms with Crippen LogP contribution in [0.4, 0.5) is 0 Å². The maximum absolute atomic E-state index is 12.1. The summed E-state index contributed by atoms with van der Waals surface area (Å²) in [7, 11) is 0. The first-order chi connectivity index (χ1) is 12.4. The molecule has 1 saturated heterocycles. The summed E-state index contributed by atoms with van der Waals surface area (Å²) in [5, 5.41) is 0. The van der Waals surface area contributed by atoms with Crippen LogP contribution >= 0.6 is 15.9 Å². The molecule has 2 saturated carbocycles. The van der Waals surface area contributed by atoms with Gasteiger partial charge >= 0.3 is 5.97 Å². The average molecular weight is 423 g/mol. The fourth-order valence-corrected chi connectivity index (χ4v) is 6.89. The Kier molecular flexibility index (Phi) is 6.37. The summed E-state index contributed by atoms with van der Waals surface area (Å²) >= 11 is 3.62. The molecule has 1 heterocycles. The van der Waals surface area contributed by atoms with Crippen LogP contribution in [-0.2, 0) is 9.53 Å². The molecule has 0 aromatic heterocycles. The molecular weight excluding hydrogens is 388 g/mol. The van der Waals surface area contributed by atoms with Crippen molar-refractivity contribution in [1.82, 2.24) is 0 Å². The van der Waals surface area contributed by atoms with E-state index in [1.165, 1.54) is 32.1 Å². The molecule has 0 radical (unpaired) electrons. The van der Waals surface area contributed by atoms with Crippen molar-refractivity contribution in [3.8, 4) is 0 Å². The van der Waals surface area contributed by atoms with Gasteiger partial charge in [0.2, 0.25) is 0 Å². The highest BCUT2D eigenvalue weighted by atomic mass is 79.9. The summed E-state index contributed by atoms with van der Waals surface area (Å²) in [5.74, 6) is 2.14. The Bertz CT molecular complexity index is 581. The smallest absolute Gasteiger partial charge is 0.334 e. The molecule has 1 aliphatic heterocycles. The predicted octanol–water partition coefficient (Wildman–Crippen LogP) is 6.80. The Morgan fingerprint density at radius 2 is 2.19 bits per heavy atom. The van der Waals surface area contributed by atoms with Crippen LogP contribution < -0.4 is 0 Å². The van der Waals surface area contributed by atoms with E-state index in [0.29, 0.717) is 16.9 Å². The van der Waals surface area contributed by atoms with Gasteiger partial charge in [-0.15, -0.1) is 0 Å². The summed E-state index contributed by atoms with van der Waals surface area (Å²) in [6, 6.07) is 0. The van der Waals surface area contributed by atoms with Crippen molar-refractivity contribution in [2.45, 2.75) is 84.7 Å². The van der Waals surface area contributed by atoms with Gasteiger partial charge in [-0.05, 0) is 73.1 Å². The zero-order valence-corrected chi connectivity index (χ0v) is 18.3. The predicted molar refractivity (Wildman–Crippen MR) is 111 cm³/mol. The van der Waals surface area contributed by atoms with Crippen LogP contribution in [0.2, 0.25) is 0 Å². The van der Waals surface area contributed by atoms with Gasteiger partial charge in [-0.25, -0.2) is 4.79 Å². The van der Waals surface area contributed by atoms with Crippen molar-refractivity contribution >= 4 is 21.9 Å². The molecule has 0 bridgehead atoms. The molecule has 0 unspecified atom stereocenters. The first kappa shape index (κ1) is 20.2. The largest absolute Gasteiger partial charge is 0.458 e. The molecule has 0 amide bonds. The Labute approximate surface area is 168 Å². The molecule has 0 spiro atoms. The number of fused-ring (bicyclic) bond motifs is 1. The number of ether oxygens (including phenoxy) is 1. The number of hydrogen-bond acceptors (Lipinski definition) is 2. The topological polar surface area (TPSA) is 26.3 Å². The number of rotatable bonds is 6. The zero-order chi connectivity index (χ0) is 18.9. The summed E-state index contributed by atoms with van der Waals surface area (Å²) < 4.78 is 5.77. The minimum absolute atomic E-state index is 0.0500. The lowest BCUT2D eigenvalue weighted by molar-refractivity contribution is -0.140. The molecule has 6 atom stereocenters. The van der Waals surface area contributed by atoms with Crippen LogP contribution in [0.3, 0.4) is 0 Å². The average Bonchev–Trinajstić information content (AvgIpc) is 3.10. The van der Waals surface area contributed by atoms with Crippen molar-refractivity contribution in [3.05, 3.63) is 22.7 Å². The van der Waals surface area contributed by atoms with E-state index >= 15 is 0 Å². The third-order valence-corrected chi connectivity index (χ3v) is 8.34. The minimum Gasteiger partial charge on any atom is -0.458 e. The van der Waals surface area contributed by atoms with Crippen molar-refractivity contribution in [2.75, 3.05) is 0 Å². The van der Waals surface area contributed by atoms with E-state index in [2.05, 4.69) is 48.3 Å². The number of carbonyl (C=O) groups is 1. The van der Waals surface area contributed by atoms with Gasteiger partial charge in [0, 0.05) is 11.5 Å². The normalized spacial score (nSPS) is 39.9. The maximum Gasteiger partial charge on any atom is 0.334 e. The number of carbonyl (C=O) groups excluding carboxylic acids is 1. The third kappa shape index (κ3) is 3.57. The lowest BCUT2D eigenvalue weighted by Crippen LogP contribution is -2.37. The molecule has 3 fully saturated rings. The minimum atomic E-state index is -0.152. The van der Waals surface area contributed by atoms with Gasteiger partial charge in [-0.2, -0.15) is 0 Å². The second kappa shape index (κ2) is 8.20. The number of hydrogen-bond donors (Lipinski definition) is 0. The third-order valence-electron chi connectivity index (χ3n) is 7.75. The highest BCUT2D eigenvalue weighted by Gasteiger charge is 2.51. The van der Waals surface area contributed by atoms with Crippen LogP contribution in [0.1, 0.15) is 78.6 Å². The maximum atomic E-state index is 12.1. The van der Waals surface area contributed by atoms with Gasteiger partial charge in [0.25, 0.3) is 0 Å². The fourth-order valence-electron chi connectivity index (χ4n) is 6.34. The molecule has 26 heavy (non-hydrogen) atoms. The molecule has 146 valence electrons. The summed E-state index contributed by atoms with van der Waals surface area (Å²) in [5.41, 5.74) is 2.75. The first-order valence-corrected chi connectivity index (χ1v) is 11.5. The Morgan fingerprint density at radius 1 is 1.42 bits per heavy atom. The van der Waals surface area contributed by atoms with E-state index in [4.69, 9.17) is 4.74 Å². The second-order valence-electron chi connectivity index (χ2n) is 9.21. The van der Waals surface area contributed by atoms with E-state index in [-0.39, 0.29) is 18.0 Å². The molecular formula is C23H35BrO2. The van der Waals surface area contributed by atoms with E-state index in [1.54, 1.807) is 5.57 Å². The summed E-state index contributed by atoms with van der Waals surface area (Å²) in [6.45, 7) is 11.2. The second-order valence-corrected chi connectivity index (χ2v) is 9.67. The number of esters is 1. The van der Waals surface area contributed by atoms with Crippen LogP contribution in [0, 0.1) is 29.1 Å². The van der Waals surface area contributed by atoms with E-state index in [1.807, 2.05) is 0 Å². The zero-order valence-electron chi connectivity index (χ0n) is 16.7. The quantitative estimate of drug-likeness (QED) is 0.347. The van der Waals surface area contributed by atoms with Gasteiger partial charge in [0.05, 0.1) is 0 Å². The Hall–Kier alpha value is -0.570. The SMILES string of the molecule is C=C1C(=O)O[C@@H](C[C@@H](C)[C@H]2CC[C@H]3C(=CBr)CCC[C@]23C)[C@@H]1CCCC. The summed E-state index contributed by atoms with van der Waals surface area (Å²) in [6.07, 6.45) is 10.9. The molecule has 2 aliphatic carbocycles. The van der Waals surface area contributed by atoms with Gasteiger partial charge in [0.15, 0.2) is 0 Å². The summed E-state index contributed by atoms with van der Waals surface area (Å²) in [4.78, 5) is 14.3. The molecule has 2 nitrogen and oxygen atoms in total. The Morgan fingerprint density at radius 3 is 2.88 bits per heavy atom. The van der Waals surface area contributed by atoms with Crippen molar-refractivity contribution in [2.24, 2.45) is 29.1 Å². The first-order valence-electron chi connectivity index (χ1n) is 10.6. The monoisotopic (exact) mass is 422 g/mol. The molecule has 0 N–H and O–H groups in total. The van der Waals surface area contributed by atoms with E-state index < -0.39 is 0 Å². The van der Waals surface area contributed by atoms with Crippen LogP contribution in [0.15, 0.2) is 22.7 Å². The highest BCUT2D eigenvalue weighted by molar-refractivity contribution is 9.11. The van der Waals surface area contributed by atoms with Gasteiger partial charge < -0.3 is 4.74 Å². The van der Waals surface area contributed by atoms with E-state index in [9.17, 15) is 4.79 Å². The fraction of sp³-hybridized carbons (Fsp3) is 0.783. The number of allylic oxidation sites excluding steroid dienone is 1. The van der Waals surface area contributed by atoms with Crippen molar-refractivity contribution in [3.63, 3.8) is 0 Å². The molecule has 3 aliphatic rings. The highest BCUT2D eigenvalue weighted by Crippen LogP contribution is 2.60. The standard InChI is InChI=1S/C23H35BrO2/c1-5-6-9-18-16(3)22(25)26-21(18)13-15(2)19-10-11-20-17(14-24)8-7-12-23(19,20)4/h14-15,18-21H,3,5-13H2,1-2,4H3/t15-,18-,19-,20+,21+,23-/m1/s1. The molecule has 3 heteroatoms. The van der Waals surface area contributed by atoms with Crippen molar-refractivity contribution < 1.29 is 9.53 Å². The number of unbranched alkanes of at least 4 members (excludes halogenated alkanes) is 1. The Balaban J connectivity index is 1.70. The molecule has 0 aromatic rings. The molecule has 0 aromatic carbocycles. The number of halogens is 1. The number of cyclic esters (lactones) is 1. The van der Waals surface area contributed by atoms with Crippen LogP contribution in [-0.4, -0.2) is 12.1 Å². The van der Waals surface area contributed by atoms with Crippen LogP contribution in [0.25, 0.3) is 0 Å². The lowest BCUT2D eigenvalue weighted by Gasteiger charge is -2.44. The van der Waals surface area contributed by atoms with Gasteiger partial charge in [-0.3, -0.25) is 0 Å². The lowest BCUT2D eigenvalue weighted by atomic mass is 9.61. The van der Waals surface area contributed by atoms with Crippen LogP contribution in [0.5, 0.6) is 0 Å². The molecule has 3 rings (SSSR count). The van der Waals surface area contributed by atoms with Crippen molar-refractivity contribution in [1.29, 1.82) is 0 Å². The van der Waals surface area contributed by atoms with E-state index in [0.717, 1.165) is 37.5 Å². The van der Waals surface area contributed by atoms with Gasteiger partial charge in [-0.1, -0.05) is 61.7 Å².